The second-order valence-electron chi connectivity index (χ2n) is 7.87. The van der Waals surface area contributed by atoms with Crippen molar-refractivity contribution in [3.63, 3.8) is 0 Å². The first-order valence-corrected chi connectivity index (χ1v) is 11.6. The van der Waals surface area contributed by atoms with E-state index < -0.39 is 8.32 Å². The summed E-state index contributed by atoms with van der Waals surface area (Å²) >= 11 is 0. The van der Waals surface area contributed by atoms with Crippen LogP contribution >= 0.6 is 0 Å². The molecule has 0 aliphatic carbocycles. The minimum atomic E-state index is -1.92. The molecule has 0 saturated heterocycles. The first-order valence-electron chi connectivity index (χ1n) is 8.72. The fourth-order valence-electron chi connectivity index (χ4n) is 2.02. The van der Waals surface area contributed by atoms with E-state index in [0.717, 1.165) is 16.9 Å². The zero-order valence-electron chi connectivity index (χ0n) is 16.2. The predicted molar refractivity (Wildman–Crippen MR) is 111 cm³/mol. The van der Waals surface area contributed by atoms with E-state index >= 15 is 0 Å². The van der Waals surface area contributed by atoms with Crippen LogP contribution in [0.15, 0.2) is 60.7 Å². The average molecular weight is 349 g/mol. The van der Waals surface area contributed by atoms with Crippen LogP contribution in [0.25, 0.3) is 5.76 Å². The lowest BCUT2D eigenvalue weighted by molar-refractivity contribution is 0.458. The van der Waals surface area contributed by atoms with Crippen LogP contribution in [0.1, 0.15) is 37.5 Å². The van der Waals surface area contributed by atoms with Crippen LogP contribution in [0.5, 0.6) is 0 Å². The van der Waals surface area contributed by atoms with E-state index in [2.05, 4.69) is 76.9 Å². The maximum absolute atomic E-state index is 6.54. The van der Waals surface area contributed by atoms with Gasteiger partial charge in [0.1, 0.15) is 5.76 Å². The Kier molecular flexibility index (Phi) is 5.92. The van der Waals surface area contributed by atoms with E-state index in [-0.39, 0.29) is 5.04 Å². The Bertz CT molecular complexity index is 782. The minimum absolute atomic E-state index is 0.144. The van der Waals surface area contributed by atoms with Gasteiger partial charge in [-0.05, 0) is 37.2 Å². The lowest BCUT2D eigenvalue weighted by Crippen LogP contribution is -2.40. The molecule has 130 valence electrons. The molecule has 0 unspecified atom stereocenters. The molecule has 0 spiro atoms. The third-order valence-corrected chi connectivity index (χ3v) is 9.04. The van der Waals surface area contributed by atoms with Crippen molar-refractivity contribution in [2.45, 2.75) is 45.8 Å². The number of benzene rings is 2. The van der Waals surface area contributed by atoms with Crippen LogP contribution in [-0.2, 0) is 4.43 Å². The molecule has 2 rings (SSSR count). The number of rotatable bonds is 3. The van der Waals surface area contributed by atoms with E-state index in [1.54, 1.807) is 0 Å². The third kappa shape index (κ3) is 5.37. The second-order valence-corrected chi connectivity index (χ2v) is 12.6. The number of hydrogen-bond donors (Lipinski definition) is 0. The van der Waals surface area contributed by atoms with Gasteiger partial charge in [-0.25, -0.2) is 0 Å². The molecular weight excluding hydrogens is 320 g/mol. The monoisotopic (exact) mass is 348 g/mol. The summed E-state index contributed by atoms with van der Waals surface area (Å²) in [5.74, 6) is 7.25. The zero-order chi connectivity index (χ0) is 18.5. The molecule has 0 saturated carbocycles. The van der Waals surface area contributed by atoms with E-state index in [4.69, 9.17) is 4.43 Å². The lowest BCUT2D eigenvalue weighted by Gasteiger charge is -2.37. The van der Waals surface area contributed by atoms with Gasteiger partial charge in [0.25, 0.3) is 8.32 Å². The Morgan fingerprint density at radius 2 is 1.56 bits per heavy atom. The topological polar surface area (TPSA) is 9.23 Å². The van der Waals surface area contributed by atoms with E-state index in [0.29, 0.717) is 0 Å². The molecule has 0 N–H and O–H groups in total. The van der Waals surface area contributed by atoms with Crippen molar-refractivity contribution in [3.8, 4) is 11.8 Å². The molecule has 0 radical (unpaired) electrons. The number of hydrogen-bond acceptors (Lipinski definition) is 1. The van der Waals surface area contributed by atoms with Crippen molar-refractivity contribution < 1.29 is 4.43 Å². The summed E-state index contributed by atoms with van der Waals surface area (Å²) in [7, 11) is -1.92. The van der Waals surface area contributed by atoms with E-state index in [1.807, 2.05) is 36.4 Å². The van der Waals surface area contributed by atoms with E-state index in [9.17, 15) is 0 Å². The van der Waals surface area contributed by atoms with Gasteiger partial charge in [0.2, 0.25) is 0 Å². The Balaban J connectivity index is 2.34. The summed E-state index contributed by atoms with van der Waals surface area (Å²) in [6, 6.07) is 18.5. The van der Waals surface area contributed by atoms with Crippen molar-refractivity contribution >= 4 is 14.1 Å². The van der Waals surface area contributed by atoms with Crippen LogP contribution in [0.4, 0.5) is 0 Å². The van der Waals surface area contributed by atoms with Gasteiger partial charge < -0.3 is 4.43 Å². The summed E-state index contributed by atoms with van der Waals surface area (Å²) in [6.45, 7) is 13.4. The smallest absolute Gasteiger partial charge is 0.250 e. The van der Waals surface area contributed by atoms with Gasteiger partial charge in [0.05, 0.1) is 0 Å². The highest BCUT2D eigenvalue weighted by molar-refractivity contribution is 6.74. The molecule has 0 heterocycles. The summed E-state index contributed by atoms with van der Waals surface area (Å²) in [5.41, 5.74) is 3.33. The highest BCUT2D eigenvalue weighted by atomic mass is 28.4. The fraction of sp³-hybridized carbons (Fsp3) is 0.304. The molecule has 0 fully saturated rings. The molecule has 0 aliphatic rings. The van der Waals surface area contributed by atoms with E-state index in [1.165, 1.54) is 5.56 Å². The van der Waals surface area contributed by atoms with Crippen molar-refractivity contribution in [1.29, 1.82) is 0 Å². The largest absolute Gasteiger partial charge is 0.543 e. The molecule has 2 heteroatoms. The number of aryl methyl sites for hydroxylation is 1. The van der Waals surface area contributed by atoms with Crippen LogP contribution < -0.4 is 0 Å². The van der Waals surface area contributed by atoms with Crippen LogP contribution in [0.3, 0.4) is 0 Å². The van der Waals surface area contributed by atoms with Gasteiger partial charge >= 0.3 is 0 Å². The third-order valence-electron chi connectivity index (χ3n) is 4.70. The molecular formula is C23H28OSi. The second kappa shape index (κ2) is 7.76. The predicted octanol–water partition coefficient (Wildman–Crippen LogP) is 6.41. The van der Waals surface area contributed by atoms with Gasteiger partial charge in [-0.2, -0.15) is 0 Å². The summed E-state index contributed by atoms with van der Waals surface area (Å²) < 4.78 is 6.54. The lowest BCUT2D eigenvalue weighted by atomic mass is 10.1. The Hall–Kier alpha value is -2.24. The fourth-order valence-corrected chi connectivity index (χ4v) is 3.06. The normalized spacial score (nSPS) is 12.3. The molecule has 1 nitrogen and oxygen atoms in total. The molecule has 0 amide bonds. The Morgan fingerprint density at radius 1 is 0.960 bits per heavy atom. The molecule has 25 heavy (non-hydrogen) atoms. The Morgan fingerprint density at radius 3 is 2.12 bits per heavy atom. The van der Waals surface area contributed by atoms with Crippen LogP contribution in [0.2, 0.25) is 18.1 Å². The van der Waals surface area contributed by atoms with Crippen molar-refractivity contribution in [2.24, 2.45) is 0 Å². The van der Waals surface area contributed by atoms with Gasteiger partial charge in [-0.15, -0.1) is 0 Å². The summed E-state index contributed by atoms with van der Waals surface area (Å²) in [5, 5.41) is 0.144. The maximum Gasteiger partial charge on any atom is 0.250 e. The van der Waals surface area contributed by atoms with Crippen molar-refractivity contribution in [3.05, 3.63) is 77.4 Å². The SMILES string of the molecule is Cc1ccc(C#C/C=C(/O[Si](C)(C)C(C)(C)C)c2ccccc2)cc1. The molecule has 2 aromatic rings. The van der Waals surface area contributed by atoms with Crippen molar-refractivity contribution in [2.75, 3.05) is 0 Å². The van der Waals surface area contributed by atoms with Gasteiger partial charge in [0.15, 0.2) is 0 Å². The first kappa shape index (κ1) is 19.1. The highest BCUT2D eigenvalue weighted by Crippen LogP contribution is 2.39. The summed E-state index contributed by atoms with van der Waals surface area (Å²) in [4.78, 5) is 0. The number of allylic oxidation sites excluding steroid dienone is 1. The molecule has 0 aromatic heterocycles. The van der Waals surface area contributed by atoms with Crippen LogP contribution in [-0.4, -0.2) is 8.32 Å². The molecule has 0 atom stereocenters. The summed E-state index contributed by atoms with van der Waals surface area (Å²) in [6.07, 6.45) is 1.91. The zero-order valence-corrected chi connectivity index (χ0v) is 17.2. The first-order chi connectivity index (χ1) is 11.7. The van der Waals surface area contributed by atoms with Gasteiger partial charge in [-0.3, -0.25) is 0 Å². The van der Waals surface area contributed by atoms with Gasteiger partial charge in [-0.1, -0.05) is 80.6 Å². The standard InChI is InChI=1S/C23H28OSi/c1-19-15-17-20(18-16-19)11-10-14-22(21-12-8-7-9-13-21)24-25(5,6)23(2,3)4/h7-9,12-18H,1-6H3/b22-14+. The molecule has 0 bridgehead atoms. The quantitative estimate of drug-likeness (QED) is 0.354. The highest BCUT2D eigenvalue weighted by Gasteiger charge is 2.39. The van der Waals surface area contributed by atoms with Crippen molar-refractivity contribution in [1.82, 2.24) is 0 Å². The molecule has 2 aromatic carbocycles. The Labute approximate surface area is 153 Å². The van der Waals surface area contributed by atoms with Crippen LogP contribution in [0, 0.1) is 18.8 Å². The minimum Gasteiger partial charge on any atom is -0.543 e. The molecule has 0 aliphatic heterocycles. The average Bonchev–Trinajstić information content (AvgIpc) is 2.55. The van der Waals surface area contributed by atoms with Gasteiger partial charge in [0, 0.05) is 17.2 Å². The maximum atomic E-state index is 6.54.